The topological polar surface area (TPSA) is 136 Å². The number of nitrogens with zero attached hydrogens (tertiary/aromatic N) is 4. The molecular formula is C22H17F6N7O2S. The summed E-state index contributed by atoms with van der Waals surface area (Å²) >= 11 is 0. The summed E-state index contributed by atoms with van der Waals surface area (Å²) in [4.78, 5) is 15.7. The highest BCUT2D eigenvalue weighted by Gasteiger charge is 2.32. The first kappa shape index (κ1) is 27.0. The number of hydrogen-bond donors (Lipinski definition) is 3. The number of nitrogens with one attached hydrogen (secondary N) is 2. The molecule has 1 aromatic carbocycles. The van der Waals surface area contributed by atoms with Crippen LogP contribution in [-0.2, 0) is 22.7 Å². The van der Waals surface area contributed by atoms with Gasteiger partial charge in [0.05, 0.1) is 16.1 Å². The number of halogens is 6. The maximum Gasteiger partial charge on any atom is 0.433 e. The monoisotopic (exact) mass is 557 g/mol. The molecule has 0 aliphatic carbocycles. The molecule has 3 aromatic heterocycles. The Bertz CT molecular complexity index is 1580. The Morgan fingerprint density at radius 3 is 2.21 bits per heavy atom. The van der Waals surface area contributed by atoms with E-state index in [2.05, 4.69) is 30.6 Å². The highest BCUT2D eigenvalue weighted by atomic mass is 32.2. The molecule has 0 spiro atoms. The molecule has 0 unspecified atom stereocenters. The van der Waals surface area contributed by atoms with Gasteiger partial charge in [0.2, 0.25) is 16.0 Å². The van der Waals surface area contributed by atoms with Crippen molar-refractivity contribution in [2.24, 2.45) is 5.14 Å². The second kappa shape index (κ2) is 10.0. The van der Waals surface area contributed by atoms with E-state index in [1.807, 2.05) is 0 Å². The number of anilines is 2. The van der Waals surface area contributed by atoms with Gasteiger partial charge in [0.1, 0.15) is 17.8 Å². The summed E-state index contributed by atoms with van der Waals surface area (Å²) in [7, 11) is -3.88. The van der Waals surface area contributed by atoms with E-state index in [9.17, 15) is 34.8 Å². The minimum absolute atomic E-state index is 0.0414. The first-order valence-electron chi connectivity index (χ1n) is 10.6. The van der Waals surface area contributed by atoms with Crippen molar-refractivity contribution in [3.8, 4) is 11.3 Å². The third kappa shape index (κ3) is 6.63. The molecule has 0 aliphatic rings. The number of sulfonamides is 1. The molecule has 0 atom stereocenters. The Labute approximate surface area is 211 Å². The molecule has 0 fully saturated rings. The number of hydrogen-bond acceptors (Lipinski definition) is 8. The summed E-state index contributed by atoms with van der Waals surface area (Å²) in [6, 6.07) is 10.4. The van der Waals surface area contributed by atoms with Crippen molar-refractivity contribution in [3.05, 3.63) is 66.0 Å². The molecular weight excluding hydrogens is 540 g/mol. The summed E-state index contributed by atoms with van der Waals surface area (Å²) < 4.78 is 101. The van der Waals surface area contributed by atoms with Gasteiger partial charge in [-0.25, -0.2) is 23.5 Å². The van der Waals surface area contributed by atoms with Crippen molar-refractivity contribution in [3.63, 3.8) is 0 Å². The smallest absolute Gasteiger partial charge is 0.359 e. The lowest BCUT2D eigenvalue weighted by Crippen LogP contribution is -2.22. The first-order valence-corrected chi connectivity index (χ1v) is 12.1. The molecule has 3 heterocycles. The number of nitrogens with two attached hydrogens (primary N) is 1. The predicted octanol–water partition coefficient (Wildman–Crippen LogP) is 4.34. The van der Waals surface area contributed by atoms with Gasteiger partial charge >= 0.3 is 12.4 Å². The lowest BCUT2D eigenvalue weighted by molar-refractivity contribution is -0.141. The number of alkyl halides is 6. The van der Waals surface area contributed by atoms with Gasteiger partial charge in [-0.2, -0.15) is 31.3 Å². The summed E-state index contributed by atoms with van der Waals surface area (Å²) in [5.74, 6) is -0.373. The van der Waals surface area contributed by atoms with Crippen LogP contribution in [0.2, 0.25) is 0 Å². The highest BCUT2D eigenvalue weighted by Crippen LogP contribution is 2.31. The van der Waals surface area contributed by atoms with E-state index in [0.29, 0.717) is 5.56 Å². The van der Waals surface area contributed by atoms with Crippen molar-refractivity contribution >= 4 is 32.8 Å². The third-order valence-corrected chi connectivity index (χ3v) is 5.98. The van der Waals surface area contributed by atoms with Crippen LogP contribution < -0.4 is 15.8 Å². The first-order chi connectivity index (χ1) is 17.7. The normalized spacial score (nSPS) is 12.5. The van der Waals surface area contributed by atoms with Gasteiger partial charge in [-0.3, -0.25) is 4.98 Å². The summed E-state index contributed by atoms with van der Waals surface area (Å²) in [5, 5.41) is 10.1. The fourth-order valence-electron chi connectivity index (χ4n) is 3.28. The summed E-state index contributed by atoms with van der Waals surface area (Å²) in [6.45, 7) is -1.37. The predicted molar refractivity (Wildman–Crippen MR) is 125 cm³/mol. The zero-order chi connectivity index (χ0) is 27.7. The van der Waals surface area contributed by atoms with Crippen LogP contribution in [0.3, 0.4) is 0 Å². The average molecular weight is 557 g/mol. The molecule has 0 saturated heterocycles. The molecule has 16 heteroatoms. The van der Waals surface area contributed by atoms with E-state index in [1.165, 1.54) is 42.5 Å². The number of primary sulfonamides is 1. The van der Waals surface area contributed by atoms with E-state index in [1.54, 1.807) is 0 Å². The van der Waals surface area contributed by atoms with Crippen molar-refractivity contribution in [1.29, 1.82) is 0 Å². The van der Waals surface area contributed by atoms with Crippen LogP contribution in [0.5, 0.6) is 0 Å². The minimum atomic E-state index is -4.70. The Kier molecular flexibility index (Phi) is 7.12. The number of aromatic nitrogens is 4. The molecule has 4 rings (SSSR count). The van der Waals surface area contributed by atoms with Gasteiger partial charge in [0.25, 0.3) is 0 Å². The van der Waals surface area contributed by atoms with E-state index >= 15 is 0 Å². The molecule has 38 heavy (non-hydrogen) atoms. The fraction of sp³-hybridized carbons (Fsp3) is 0.182. The number of benzene rings is 1. The standard InChI is InChI=1S/C22H17F6N7O2S/c23-21(24,25)11-32-19-18-16(6-5-15(33-18)13-7-8-30-17(9-13)22(26,27)28)34-20(35-19)31-10-12-1-3-14(4-2-12)38(29,36)37/h1-9H,10-11H2,(H2,29,36,37)(H2,31,32,34,35). The van der Waals surface area contributed by atoms with Gasteiger partial charge in [0, 0.05) is 18.3 Å². The number of rotatable bonds is 7. The summed E-state index contributed by atoms with van der Waals surface area (Å²) in [5.41, 5.74) is -0.454. The van der Waals surface area contributed by atoms with E-state index in [0.717, 1.165) is 12.3 Å². The van der Waals surface area contributed by atoms with Gasteiger partial charge in [-0.15, -0.1) is 0 Å². The fourth-order valence-corrected chi connectivity index (χ4v) is 3.80. The molecule has 0 amide bonds. The molecule has 0 bridgehead atoms. The molecule has 0 radical (unpaired) electrons. The van der Waals surface area contributed by atoms with Crippen LogP contribution in [0.1, 0.15) is 11.3 Å². The average Bonchev–Trinajstić information content (AvgIpc) is 2.84. The third-order valence-electron chi connectivity index (χ3n) is 5.05. The Morgan fingerprint density at radius 1 is 0.868 bits per heavy atom. The number of fused-ring (bicyclic) bond motifs is 1. The second-order valence-electron chi connectivity index (χ2n) is 7.90. The molecule has 0 saturated carbocycles. The largest absolute Gasteiger partial charge is 0.433 e. The lowest BCUT2D eigenvalue weighted by Gasteiger charge is -2.14. The summed E-state index contributed by atoms with van der Waals surface area (Å²) in [6.07, 6.45) is -8.35. The maximum absolute atomic E-state index is 13.1. The zero-order valence-corrected chi connectivity index (χ0v) is 19.8. The van der Waals surface area contributed by atoms with Crippen LogP contribution in [0, 0.1) is 0 Å². The van der Waals surface area contributed by atoms with Gasteiger partial charge in [-0.05, 0) is 42.0 Å². The Hall–Kier alpha value is -4.05. The molecule has 9 nitrogen and oxygen atoms in total. The molecule has 4 N–H and O–H groups in total. The highest BCUT2D eigenvalue weighted by molar-refractivity contribution is 7.89. The lowest BCUT2D eigenvalue weighted by atomic mass is 10.1. The number of pyridine rings is 2. The maximum atomic E-state index is 13.1. The van der Waals surface area contributed by atoms with Crippen molar-refractivity contribution in [1.82, 2.24) is 19.9 Å². The van der Waals surface area contributed by atoms with E-state index in [4.69, 9.17) is 5.14 Å². The zero-order valence-electron chi connectivity index (χ0n) is 19.0. The van der Waals surface area contributed by atoms with Gasteiger partial charge < -0.3 is 10.6 Å². The molecule has 0 aliphatic heterocycles. The van der Waals surface area contributed by atoms with Crippen LogP contribution in [0.4, 0.5) is 38.1 Å². The Balaban J connectivity index is 1.67. The second-order valence-corrected chi connectivity index (χ2v) is 9.46. The van der Waals surface area contributed by atoms with Crippen LogP contribution in [0.15, 0.2) is 59.6 Å². The Morgan fingerprint density at radius 2 is 1.58 bits per heavy atom. The van der Waals surface area contributed by atoms with Crippen LogP contribution in [0.25, 0.3) is 22.3 Å². The van der Waals surface area contributed by atoms with Crippen LogP contribution in [-0.4, -0.2) is 41.1 Å². The van der Waals surface area contributed by atoms with Gasteiger partial charge in [0.15, 0.2) is 5.82 Å². The van der Waals surface area contributed by atoms with E-state index in [-0.39, 0.29) is 45.5 Å². The molecule has 200 valence electrons. The minimum Gasteiger partial charge on any atom is -0.359 e. The van der Waals surface area contributed by atoms with Crippen LogP contribution >= 0.6 is 0 Å². The van der Waals surface area contributed by atoms with Crippen molar-refractivity contribution in [2.75, 3.05) is 17.2 Å². The SMILES string of the molecule is NS(=O)(=O)c1ccc(CNc2nc(NCC(F)(F)F)c3nc(-c4ccnc(C(F)(F)F)c4)ccc3n2)cc1. The quantitative estimate of drug-likeness (QED) is 0.286. The van der Waals surface area contributed by atoms with E-state index < -0.39 is 34.6 Å². The molecule has 4 aromatic rings. The van der Waals surface area contributed by atoms with Crippen molar-refractivity contribution in [2.45, 2.75) is 23.8 Å². The van der Waals surface area contributed by atoms with Gasteiger partial charge in [-0.1, -0.05) is 12.1 Å². The van der Waals surface area contributed by atoms with Crippen molar-refractivity contribution < 1.29 is 34.8 Å².